The molecule has 0 spiro atoms. The summed E-state index contributed by atoms with van der Waals surface area (Å²) in [6.07, 6.45) is 0.137. The molecule has 3 amide bonds. The highest BCUT2D eigenvalue weighted by Gasteiger charge is 2.40. The molecule has 1 atom stereocenters. The van der Waals surface area contributed by atoms with Crippen molar-refractivity contribution >= 4 is 43.7 Å². The van der Waals surface area contributed by atoms with Gasteiger partial charge in [0, 0.05) is 30.5 Å². The quantitative estimate of drug-likeness (QED) is 0.476. The third-order valence-corrected chi connectivity index (χ3v) is 8.09. The van der Waals surface area contributed by atoms with Crippen LogP contribution in [0, 0.1) is 5.92 Å². The van der Waals surface area contributed by atoms with Crippen LogP contribution in [0.5, 0.6) is 0 Å². The van der Waals surface area contributed by atoms with Crippen molar-refractivity contribution < 1.29 is 22.8 Å². The molecule has 0 radical (unpaired) electrons. The van der Waals surface area contributed by atoms with Crippen LogP contribution in [0.25, 0.3) is 0 Å². The fourth-order valence-corrected chi connectivity index (χ4v) is 5.89. The number of benzene rings is 2. The van der Waals surface area contributed by atoms with Gasteiger partial charge in [-0.2, -0.15) is 0 Å². The molecule has 8 nitrogen and oxygen atoms in total. The van der Waals surface area contributed by atoms with Crippen LogP contribution in [0.15, 0.2) is 57.9 Å². The highest BCUT2D eigenvalue weighted by molar-refractivity contribution is 9.10. The predicted octanol–water partition coefficient (Wildman–Crippen LogP) is 3.56. The van der Waals surface area contributed by atoms with Gasteiger partial charge in [0.15, 0.2) is 0 Å². The minimum Gasteiger partial charge on any atom is -0.354 e. The number of rotatable bonds is 10. The van der Waals surface area contributed by atoms with Crippen LogP contribution in [0.3, 0.4) is 0 Å². The van der Waals surface area contributed by atoms with Gasteiger partial charge in [-0.1, -0.05) is 54.0 Å². The number of carbonyl (C=O) groups excluding carboxylic acids is 3. The van der Waals surface area contributed by atoms with E-state index in [1.807, 2.05) is 38.1 Å². The van der Waals surface area contributed by atoms with Crippen LogP contribution in [0.4, 0.5) is 0 Å². The highest BCUT2D eigenvalue weighted by atomic mass is 79.9. The molecule has 0 fully saturated rings. The van der Waals surface area contributed by atoms with E-state index in [-0.39, 0.29) is 54.1 Å². The fraction of sp³-hybridized carbons (Fsp3) is 0.400. The first-order valence-corrected chi connectivity index (χ1v) is 13.7. The maximum atomic E-state index is 13.2. The van der Waals surface area contributed by atoms with Gasteiger partial charge in [-0.25, -0.2) is 12.7 Å². The lowest BCUT2D eigenvalue weighted by Gasteiger charge is -2.29. The maximum absolute atomic E-state index is 13.2. The van der Waals surface area contributed by atoms with E-state index in [1.165, 1.54) is 17.0 Å². The van der Waals surface area contributed by atoms with E-state index in [2.05, 4.69) is 21.2 Å². The van der Waals surface area contributed by atoms with E-state index in [0.29, 0.717) is 6.54 Å². The van der Waals surface area contributed by atoms with Gasteiger partial charge in [0.25, 0.3) is 15.9 Å². The standard InChI is InChI=1S/C25H30BrN3O5S/c1-17(2)15-27-24(31)18(3)28(16-19-8-6-9-20(26)14-19)23(30)12-7-13-29-25(32)21-10-4-5-11-22(21)35(29,33)34/h4-6,8-11,14,17-18H,7,12-13,15-16H2,1-3H3,(H,27,31)/t18-/m0/s1. The Morgan fingerprint density at radius 2 is 1.80 bits per heavy atom. The third kappa shape index (κ3) is 6.29. The Bertz CT molecular complexity index is 1220. The summed E-state index contributed by atoms with van der Waals surface area (Å²) in [6, 6.07) is 12.8. The summed E-state index contributed by atoms with van der Waals surface area (Å²) in [5.41, 5.74) is 0.995. The molecule has 0 bridgehead atoms. The number of hydrogen-bond acceptors (Lipinski definition) is 5. The van der Waals surface area contributed by atoms with E-state index in [0.717, 1.165) is 14.3 Å². The lowest BCUT2D eigenvalue weighted by Crippen LogP contribution is -2.48. The number of halogens is 1. The van der Waals surface area contributed by atoms with Gasteiger partial charge in [-0.15, -0.1) is 0 Å². The number of carbonyl (C=O) groups is 3. The molecule has 1 aliphatic heterocycles. The third-order valence-electron chi connectivity index (χ3n) is 5.76. The second kappa shape index (κ2) is 11.3. The molecular formula is C25H30BrN3O5S. The number of amides is 3. The maximum Gasteiger partial charge on any atom is 0.269 e. The second-order valence-electron chi connectivity index (χ2n) is 8.95. The van der Waals surface area contributed by atoms with Gasteiger partial charge in [0.05, 0.1) is 5.56 Å². The zero-order valence-corrected chi connectivity index (χ0v) is 22.4. The Kier molecular flexibility index (Phi) is 8.71. The summed E-state index contributed by atoms with van der Waals surface area (Å²) in [6.45, 7) is 6.26. The van der Waals surface area contributed by atoms with Gasteiger partial charge < -0.3 is 10.2 Å². The molecule has 188 valence electrons. The van der Waals surface area contributed by atoms with E-state index in [1.54, 1.807) is 19.1 Å². The Morgan fingerprint density at radius 1 is 1.09 bits per heavy atom. The summed E-state index contributed by atoms with van der Waals surface area (Å²) in [5.74, 6) is -0.863. The summed E-state index contributed by atoms with van der Waals surface area (Å²) < 4.78 is 27.2. The molecule has 2 aromatic carbocycles. The Morgan fingerprint density at radius 3 is 2.46 bits per heavy atom. The van der Waals surface area contributed by atoms with Crippen molar-refractivity contribution in [2.75, 3.05) is 13.1 Å². The molecule has 10 heteroatoms. The topological polar surface area (TPSA) is 104 Å². The lowest BCUT2D eigenvalue weighted by molar-refractivity contribution is -0.140. The Hall–Kier alpha value is -2.72. The SMILES string of the molecule is CC(C)CNC(=O)[C@H](C)N(Cc1cccc(Br)c1)C(=O)CCCN1C(=O)c2ccccc2S1(=O)=O. The fourth-order valence-electron chi connectivity index (χ4n) is 3.84. The summed E-state index contributed by atoms with van der Waals surface area (Å²) in [4.78, 5) is 40.1. The van der Waals surface area contributed by atoms with Crippen LogP contribution in [-0.2, 0) is 26.2 Å². The molecule has 0 unspecified atom stereocenters. The molecule has 1 N–H and O–H groups in total. The van der Waals surface area contributed by atoms with Crippen molar-refractivity contribution in [2.45, 2.75) is 51.1 Å². The van der Waals surface area contributed by atoms with E-state index in [4.69, 9.17) is 0 Å². The number of hydrogen-bond donors (Lipinski definition) is 1. The van der Waals surface area contributed by atoms with Gasteiger partial charge in [-0.3, -0.25) is 14.4 Å². The lowest BCUT2D eigenvalue weighted by atomic mass is 10.1. The minimum atomic E-state index is -3.92. The largest absolute Gasteiger partial charge is 0.354 e. The summed E-state index contributed by atoms with van der Waals surface area (Å²) >= 11 is 3.43. The molecule has 0 aliphatic carbocycles. The molecule has 2 aromatic rings. The molecule has 35 heavy (non-hydrogen) atoms. The van der Waals surface area contributed by atoms with Gasteiger partial charge in [-0.05, 0) is 49.1 Å². The first-order chi connectivity index (χ1) is 16.5. The Labute approximate surface area is 214 Å². The molecule has 1 heterocycles. The monoisotopic (exact) mass is 563 g/mol. The van der Waals surface area contributed by atoms with Crippen LogP contribution in [0.1, 0.15) is 49.5 Å². The number of nitrogens with zero attached hydrogens (tertiary/aromatic N) is 2. The van der Waals surface area contributed by atoms with Crippen molar-refractivity contribution in [1.29, 1.82) is 0 Å². The zero-order chi connectivity index (χ0) is 25.8. The average Bonchev–Trinajstić information content (AvgIpc) is 3.01. The number of nitrogens with one attached hydrogen (secondary N) is 1. The number of sulfonamides is 1. The molecule has 3 rings (SSSR count). The van der Waals surface area contributed by atoms with Crippen molar-refractivity contribution in [1.82, 2.24) is 14.5 Å². The van der Waals surface area contributed by atoms with Gasteiger partial charge >= 0.3 is 0 Å². The van der Waals surface area contributed by atoms with Crippen LogP contribution < -0.4 is 5.32 Å². The number of fused-ring (bicyclic) bond motifs is 1. The van der Waals surface area contributed by atoms with Crippen molar-refractivity contribution in [3.05, 3.63) is 64.1 Å². The summed E-state index contributed by atoms with van der Waals surface area (Å²) in [5, 5.41) is 2.87. The predicted molar refractivity (Wildman–Crippen MR) is 136 cm³/mol. The van der Waals surface area contributed by atoms with E-state index >= 15 is 0 Å². The van der Waals surface area contributed by atoms with Gasteiger partial charge in [0.2, 0.25) is 11.8 Å². The smallest absolute Gasteiger partial charge is 0.269 e. The molecule has 0 aromatic heterocycles. The van der Waals surface area contributed by atoms with Crippen LogP contribution in [-0.4, -0.2) is 54.5 Å². The molecule has 0 saturated carbocycles. The van der Waals surface area contributed by atoms with Crippen molar-refractivity contribution in [2.24, 2.45) is 5.92 Å². The second-order valence-corrected chi connectivity index (χ2v) is 11.7. The first kappa shape index (κ1) is 26.9. The van der Waals surface area contributed by atoms with Crippen molar-refractivity contribution in [3.8, 4) is 0 Å². The van der Waals surface area contributed by atoms with E-state index in [9.17, 15) is 22.8 Å². The van der Waals surface area contributed by atoms with Crippen molar-refractivity contribution in [3.63, 3.8) is 0 Å². The van der Waals surface area contributed by atoms with E-state index < -0.39 is 22.0 Å². The normalized spacial score (nSPS) is 15.1. The highest BCUT2D eigenvalue weighted by Crippen LogP contribution is 2.30. The summed E-state index contributed by atoms with van der Waals surface area (Å²) in [7, 11) is -3.92. The molecule has 1 aliphatic rings. The average molecular weight is 565 g/mol. The molecular weight excluding hydrogens is 534 g/mol. The van der Waals surface area contributed by atoms with Crippen LogP contribution >= 0.6 is 15.9 Å². The van der Waals surface area contributed by atoms with Crippen LogP contribution in [0.2, 0.25) is 0 Å². The molecule has 0 saturated heterocycles. The Balaban J connectivity index is 1.70. The zero-order valence-electron chi connectivity index (χ0n) is 20.0. The minimum absolute atomic E-state index is 0.00848. The van der Waals surface area contributed by atoms with Gasteiger partial charge in [0.1, 0.15) is 10.9 Å². The first-order valence-electron chi connectivity index (χ1n) is 11.5.